The van der Waals surface area contributed by atoms with Gasteiger partial charge in [0.2, 0.25) is 6.41 Å². The molecule has 1 atom stereocenters. The van der Waals surface area contributed by atoms with E-state index in [4.69, 9.17) is 0 Å². The Morgan fingerprint density at radius 1 is 1.54 bits per heavy atom. The minimum absolute atomic E-state index is 0.614. The Hall–Kier alpha value is -0.570. The second kappa shape index (κ2) is 3.29. The molecule has 2 fully saturated rings. The van der Waals surface area contributed by atoms with Crippen molar-refractivity contribution in [3.05, 3.63) is 0 Å². The quantitative estimate of drug-likeness (QED) is 0.643. The summed E-state index contributed by atoms with van der Waals surface area (Å²) >= 11 is 0. The summed E-state index contributed by atoms with van der Waals surface area (Å²) in [4.78, 5) is 12.5. The first kappa shape index (κ1) is 9.00. The first-order valence-electron chi connectivity index (χ1n) is 5.12. The van der Waals surface area contributed by atoms with Gasteiger partial charge in [0.15, 0.2) is 0 Å². The highest BCUT2D eigenvalue weighted by Crippen LogP contribution is 2.58. The van der Waals surface area contributed by atoms with Crippen LogP contribution in [-0.4, -0.2) is 38.0 Å². The van der Waals surface area contributed by atoms with Gasteiger partial charge in [-0.05, 0) is 50.7 Å². The lowest BCUT2D eigenvalue weighted by Crippen LogP contribution is -2.33. The summed E-state index contributed by atoms with van der Waals surface area (Å²) < 4.78 is 0. The predicted octanol–water partition coefficient (Wildman–Crippen LogP) is 0.464. The molecule has 1 heterocycles. The highest BCUT2D eigenvalue weighted by molar-refractivity contribution is 5.46. The molecule has 3 nitrogen and oxygen atoms in total. The summed E-state index contributed by atoms with van der Waals surface area (Å²) in [6.07, 6.45) is 4.81. The standard InChI is InChI=1S/C10H18N2O/c1-12-4-2-10(3-5-12)6-9(10)7-11-8-13/h8-9H,2-7H2,1H3,(H,11,13). The number of piperidine rings is 1. The number of carbonyl (C=O) groups is 1. The summed E-state index contributed by atoms with van der Waals surface area (Å²) in [5.41, 5.74) is 0.614. The molecule has 1 N–H and O–H groups in total. The molecule has 0 aromatic rings. The van der Waals surface area contributed by atoms with Crippen molar-refractivity contribution in [2.75, 3.05) is 26.7 Å². The molecule has 13 heavy (non-hydrogen) atoms. The van der Waals surface area contributed by atoms with E-state index in [-0.39, 0.29) is 0 Å². The van der Waals surface area contributed by atoms with Crippen molar-refractivity contribution in [1.82, 2.24) is 10.2 Å². The Morgan fingerprint density at radius 3 is 2.85 bits per heavy atom. The Labute approximate surface area is 79.5 Å². The summed E-state index contributed by atoms with van der Waals surface area (Å²) in [6.45, 7) is 3.36. The largest absolute Gasteiger partial charge is 0.358 e. The van der Waals surface area contributed by atoms with Crippen molar-refractivity contribution in [3.63, 3.8) is 0 Å². The van der Waals surface area contributed by atoms with Crippen molar-refractivity contribution in [1.29, 1.82) is 0 Å². The van der Waals surface area contributed by atoms with Gasteiger partial charge in [-0.2, -0.15) is 0 Å². The van der Waals surface area contributed by atoms with E-state index in [1.807, 2.05) is 0 Å². The van der Waals surface area contributed by atoms with Crippen LogP contribution in [-0.2, 0) is 4.79 Å². The van der Waals surface area contributed by atoms with Crippen molar-refractivity contribution in [3.8, 4) is 0 Å². The van der Waals surface area contributed by atoms with Crippen LogP contribution >= 0.6 is 0 Å². The molecule has 0 bridgehead atoms. The smallest absolute Gasteiger partial charge is 0.207 e. The van der Waals surface area contributed by atoms with Crippen LogP contribution in [0.15, 0.2) is 0 Å². The molecule has 2 rings (SSSR count). The monoisotopic (exact) mass is 182 g/mol. The fourth-order valence-corrected chi connectivity index (χ4v) is 2.59. The number of likely N-dealkylation sites (tertiary alicyclic amines) is 1. The highest BCUT2D eigenvalue weighted by Gasteiger charge is 2.53. The van der Waals surface area contributed by atoms with Gasteiger partial charge in [-0.1, -0.05) is 0 Å². The molecular formula is C10H18N2O. The van der Waals surface area contributed by atoms with Gasteiger partial charge in [-0.3, -0.25) is 4.79 Å². The molecule has 0 aromatic carbocycles. The maximum atomic E-state index is 10.1. The molecule has 1 saturated heterocycles. The molecule has 3 heteroatoms. The van der Waals surface area contributed by atoms with Gasteiger partial charge in [0.05, 0.1) is 0 Å². The third kappa shape index (κ3) is 1.70. The van der Waals surface area contributed by atoms with E-state index < -0.39 is 0 Å². The first-order chi connectivity index (χ1) is 6.27. The third-order valence-corrected chi connectivity index (χ3v) is 3.79. The minimum atomic E-state index is 0.614. The molecule has 74 valence electrons. The van der Waals surface area contributed by atoms with Gasteiger partial charge < -0.3 is 10.2 Å². The molecule has 0 aromatic heterocycles. The van der Waals surface area contributed by atoms with Crippen molar-refractivity contribution in [2.24, 2.45) is 11.3 Å². The summed E-state index contributed by atoms with van der Waals surface area (Å²) in [5.74, 6) is 0.770. The molecule has 2 aliphatic rings. The van der Waals surface area contributed by atoms with Crippen LogP contribution in [0.5, 0.6) is 0 Å². The molecule has 1 amide bonds. The van der Waals surface area contributed by atoms with Crippen molar-refractivity contribution < 1.29 is 4.79 Å². The molecular weight excluding hydrogens is 164 g/mol. The number of nitrogens with one attached hydrogen (secondary N) is 1. The zero-order chi connectivity index (χ0) is 9.31. The van der Waals surface area contributed by atoms with Crippen LogP contribution in [0.25, 0.3) is 0 Å². The van der Waals surface area contributed by atoms with Gasteiger partial charge in [0.1, 0.15) is 0 Å². The predicted molar refractivity (Wildman–Crippen MR) is 51.3 cm³/mol. The Kier molecular flexibility index (Phi) is 2.28. The van der Waals surface area contributed by atoms with Gasteiger partial charge in [-0.15, -0.1) is 0 Å². The van der Waals surface area contributed by atoms with Gasteiger partial charge in [0.25, 0.3) is 0 Å². The lowest BCUT2D eigenvalue weighted by atomic mass is 9.91. The van der Waals surface area contributed by atoms with E-state index in [1.165, 1.54) is 32.4 Å². The SMILES string of the molecule is CN1CCC2(CC1)CC2CNC=O. The average Bonchev–Trinajstić information content (AvgIpc) is 2.82. The highest BCUT2D eigenvalue weighted by atomic mass is 16.1. The number of rotatable bonds is 3. The lowest BCUT2D eigenvalue weighted by Gasteiger charge is -2.29. The van der Waals surface area contributed by atoms with E-state index in [2.05, 4.69) is 17.3 Å². The zero-order valence-electron chi connectivity index (χ0n) is 8.25. The second-order valence-electron chi connectivity index (χ2n) is 4.59. The van der Waals surface area contributed by atoms with Crippen LogP contribution in [0.4, 0.5) is 0 Å². The van der Waals surface area contributed by atoms with Crippen LogP contribution in [0.1, 0.15) is 19.3 Å². The molecule has 1 spiro atoms. The molecule has 1 saturated carbocycles. The zero-order valence-corrected chi connectivity index (χ0v) is 8.25. The Morgan fingerprint density at radius 2 is 2.23 bits per heavy atom. The summed E-state index contributed by atoms with van der Waals surface area (Å²) in [6, 6.07) is 0. The topological polar surface area (TPSA) is 32.3 Å². The third-order valence-electron chi connectivity index (χ3n) is 3.79. The van der Waals surface area contributed by atoms with Gasteiger partial charge in [-0.25, -0.2) is 0 Å². The molecule has 1 aliphatic heterocycles. The Bertz CT molecular complexity index is 197. The van der Waals surface area contributed by atoms with E-state index in [9.17, 15) is 4.79 Å². The average molecular weight is 182 g/mol. The Balaban J connectivity index is 1.78. The molecule has 0 radical (unpaired) electrons. The minimum Gasteiger partial charge on any atom is -0.358 e. The van der Waals surface area contributed by atoms with Gasteiger partial charge in [0, 0.05) is 6.54 Å². The first-order valence-corrected chi connectivity index (χ1v) is 5.12. The molecule has 1 aliphatic carbocycles. The van der Waals surface area contributed by atoms with Crippen LogP contribution in [0.2, 0.25) is 0 Å². The summed E-state index contributed by atoms with van der Waals surface area (Å²) in [7, 11) is 2.19. The lowest BCUT2D eigenvalue weighted by molar-refractivity contribution is -0.109. The maximum absolute atomic E-state index is 10.1. The van der Waals surface area contributed by atoms with Crippen LogP contribution in [0.3, 0.4) is 0 Å². The van der Waals surface area contributed by atoms with E-state index in [0.717, 1.165) is 18.9 Å². The molecule has 1 unspecified atom stereocenters. The number of amides is 1. The van der Waals surface area contributed by atoms with Crippen molar-refractivity contribution in [2.45, 2.75) is 19.3 Å². The van der Waals surface area contributed by atoms with E-state index >= 15 is 0 Å². The van der Waals surface area contributed by atoms with Crippen LogP contribution in [0, 0.1) is 11.3 Å². The van der Waals surface area contributed by atoms with Gasteiger partial charge >= 0.3 is 0 Å². The van der Waals surface area contributed by atoms with Crippen LogP contribution < -0.4 is 5.32 Å². The number of carbonyl (C=O) groups excluding carboxylic acids is 1. The number of nitrogens with zero attached hydrogens (tertiary/aromatic N) is 1. The normalized spacial score (nSPS) is 31.6. The fourth-order valence-electron chi connectivity index (χ4n) is 2.59. The van der Waals surface area contributed by atoms with E-state index in [1.54, 1.807) is 0 Å². The number of hydrogen-bond acceptors (Lipinski definition) is 2. The summed E-state index contributed by atoms with van der Waals surface area (Å²) in [5, 5.41) is 2.80. The number of hydrogen-bond donors (Lipinski definition) is 1. The fraction of sp³-hybridized carbons (Fsp3) is 0.900. The second-order valence-corrected chi connectivity index (χ2v) is 4.59. The van der Waals surface area contributed by atoms with E-state index in [0.29, 0.717) is 5.41 Å². The maximum Gasteiger partial charge on any atom is 0.207 e. The van der Waals surface area contributed by atoms with Crippen molar-refractivity contribution >= 4 is 6.41 Å².